The number of benzene rings is 1. The van der Waals surface area contributed by atoms with Crippen LogP contribution >= 0.6 is 0 Å². The number of carbonyl (C=O) groups is 1. The Morgan fingerprint density at radius 2 is 2.23 bits per heavy atom. The molecule has 2 rings (SSSR count). The van der Waals surface area contributed by atoms with Crippen LogP contribution in [0.2, 0.25) is 0 Å². The molecule has 1 atom stereocenters. The van der Waals surface area contributed by atoms with Gasteiger partial charge in [0.05, 0.1) is 5.92 Å². The second kappa shape index (κ2) is 10.1. The van der Waals surface area contributed by atoms with Crippen LogP contribution in [0.1, 0.15) is 30.4 Å². The van der Waals surface area contributed by atoms with Crippen molar-refractivity contribution in [1.29, 1.82) is 0 Å². The number of likely N-dealkylation sites (tertiary alicyclic amines) is 1. The molecule has 1 unspecified atom stereocenters. The van der Waals surface area contributed by atoms with Crippen LogP contribution in [0.25, 0.3) is 0 Å². The highest BCUT2D eigenvalue weighted by atomic mass is 19.1. The van der Waals surface area contributed by atoms with Crippen LogP contribution in [0.4, 0.5) is 4.39 Å². The van der Waals surface area contributed by atoms with Gasteiger partial charge in [-0.2, -0.15) is 0 Å². The fourth-order valence-corrected chi connectivity index (χ4v) is 3.22. The van der Waals surface area contributed by atoms with E-state index in [4.69, 9.17) is 5.73 Å². The molecule has 0 saturated carbocycles. The Bertz CT molecular complexity index is 634. The minimum absolute atomic E-state index is 0.00898. The zero-order valence-corrected chi connectivity index (χ0v) is 15.7. The van der Waals surface area contributed by atoms with Crippen LogP contribution in [-0.2, 0) is 11.3 Å². The van der Waals surface area contributed by atoms with E-state index >= 15 is 0 Å². The Labute approximate surface area is 155 Å². The number of carbonyl (C=O) groups excluding carboxylic acids is 1. The maximum absolute atomic E-state index is 13.3. The predicted octanol–water partition coefficient (Wildman–Crippen LogP) is 1.39. The first kappa shape index (κ1) is 20.2. The second-order valence-corrected chi connectivity index (χ2v) is 6.83. The number of nitrogens with zero attached hydrogens (tertiary/aromatic N) is 2. The van der Waals surface area contributed by atoms with Crippen molar-refractivity contribution < 1.29 is 9.18 Å². The maximum Gasteiger partial charge on any atom is 0.221 e. The summed E-state index contributed by atoms with van der Waals surface area (Å²) in [5, 5.41) is 6.52. The molecule has 144 valence electrons. The molecule has 0 aromatic heterocycles. The molecule has 6 nitrogen and oxygen atoms in total. The molecule has 1 amide bonds. The molecular weight excluding hydrogens is 333 g/mol. The van der Waals surface area contributed by atoms with E-state index < -0.39 is 0 Å². The molecule has 1 heterocycles. The summed E-state index contributed by atoms with van der Waals surface area (Å²) in [6.07, 6.45) is 2.90. The van der Waals surface area contributed by atoms with Gasteiger partial charge in [0.2, 0.25) is 5.91 Å². The van der Waals surface area contributed by atoms with Gasteiger partial charge in [-0.1, -0.05) is 12.1 Å². The van der Waals surface area contributed by atoms with E-state index in [2.05, 4.69) is 20.5 Å². The predicted molar refractivity (Wildman–Crippen MR) is 102 cm³/mol. The van der Waals surface area contributed by atoms with E-state index in [1.165, 1.54) is 6.07 Å². The average Bonchev–Trinajstić information content (AvgIpc) is 2.64. The Hall–Kier alpha value is -2.15. The largest absolute Gasteiger partial charge is 0.369 e. The molecule has 1 aromatic rings. The lowest BCUT2D eigenvalue weighted by atomic mass is 9.97. The van der Waals surface area contributed by atoms with E-state index in [9.17, 15) is 9.18 Å². The van der Waals surface area contributed by atoms with E-state index in [0.29, 0.717) is 12.1 Å². The van der Waals surface area contributed by atoms with Crippen molar-refractivity contribution in [3.63, 3.8) is 0 Å². The number of hydrogen-bond acceptors (Lipinski definition) is 3. The summed E-state index contributed by atoms with van der Waals surface area (Å²) in [5.41, 5.74) is 7.07. The summed E-state index contributed by atoms with van der Waals surface area (Å²) < 4.78 is 13.3. The molecule has 1 aliphatic heterocycles. The Morgan fingerprint density at radius 3 is 2.92 bits per heavy atom. The van der Waals surface area contributed by atoms with Gasteiger partial charge in [-0.05, 0) is 56.5 Å². The van der Waals surface area contributed by atoms with Crippen molar-refractivity contribution in [1.82, 2.24) is 15.5 Å². The number of amides is 1. The third kappa shape index (κ3) is 6.29. The van der Waals surface area contributed by atoms with Gasteiger partial charge in [0.25, 0.3) is 0 Å². The summed E-state index contributed by atoms with van der Waals surface area (Å²) in [5.74, 6) is 0.340. The lowest BCUT2D eigenvalue weighted by Crippen LogP contribution is -2.42. The van der Waals surface area contributed by atoms with Crippen molar-refractivity contribution in [2.24, 2.45) is 16.6 Å². The molecule has 7 heteroatoms. The van der Waals surface area contributed by atoms with Crippen molar-refractivity contribution in [2.45, 2.75) is 32.7 Å². The highest BCUT2D eigenvalue weighted by Gasteiger charge is 2.23. The van der Waals surface area contributed by atoms with Crippen molar-refractivity contribution in [3.05, 3.63) is 35.1 Å². The minimum atomic E-state index is -0.187. The van der Waals surface area contributed by atoms with Gasteiger partial charge in [0.1, 0.15) is 5.82 Å². The molecule has 4 N–H and O–H groups in total. The van der Waals surface area contributed by atoms with Crippen LogP contribution < -0.4 is 16.4 Å². The van der Waals surface area contributed by atoms with Crippen molar-refractivity contribution in [2.75, 3.05) is 33.2 Å². The average molecular weight is 363 g/mol. The molecule has 0 aliphatic carbocycles. The number of nitrogens with one attached hydrogen (secondary N) is 2. The SMILES string of the molecule is CN=C(NCCCN1CCCC(C(N)=O)C1)NCc1ccc(F)c(C)c1. The van der Waals surface area contributed by atoms with Crippen molar-refractivity contribution >= 4 is 11.9 Å². The van der Waals surface area contributed by atoms with Gasteiger partial charge in [-0.3, -0.25) is 9.79 Å². The second-order valence-electron chi connectivity index (χ2n) is 6.83. The quantitative estimate of drug-likeness (QED) is 0.388. The number of aliphatic imine (C=N–C) groups is 1. The van der Waals surface area contributed by atoms with Gasteiger partial charge in [0.15, 0.2) is 5.96 Å². The Balaban J connectivity index is 1.67. The number of hydrogen-bond donors (Lipinski definition) is 3. The van der Waals surface area contributed by atoms with Crippen LogP contribution in [0.3, 0.4) is 0 Å². The first-order valence-corrected chi connectivity index (χ1v) is 9.21. The molecular formula is C19H30FN5O. The summed E-state index contributed by atoms with van der Waals surface area (Å²) in [6.45, 7) is 5.88. The fourth-order valence-electron chi connectivity index (χ4n) is 3.22. The van der Waals surface area contributed by atoms with Gasteiger partial charge >= 0.3 is 0 Å². The standard InChI is InChI=1S/C19H30FN5O/c1-14-11-15(6-7-17(14)20)12-24-19(22-2)23-8-4-10-25-9-3-5-16(13-25)18(21)26/h6-7,11,16H,3-5,8-10,12-13H2,1-2H3,(H2,21,26)(H2,22,23,24). The van der Waals surface area contributed by atoms with E-state index in [-0.39, 0.29) is 17.6 Å². The third-order valence-electron chi connectivity index (χ3n) is 4.76. The highest BCUT2D eigenvalue weighted by Crippen LogP contribution is 2.15. The summed E-state index contributed by atoms with van der Waals surface area (Å²) in [7, 11) is 1.73. The Morgan fingerprint density at radius 1 is 1.42 bits per heavy atom. The molecule has 1 fully saturated rings. The lowest BCUT2D eigenvalue weighted by molar-refractivity contribution is -0.123. The molecule has 1 aromatic carbocycles. The van der Waals surface area contributed by atoms with Gasteiger partial charge in [-0.15, -0.1) is 0 Å². The molecule has 1 aliphatic rings. The van der Waals surface area contributed by atoms with E-state index in [1.807, 2.05) is 6.07 Å². The first-order chi connectivity index (χ1) is 12.5. The smallest absolute Gasteiger partial charge is 0.221 e. The summed E-state index contributed by atoms with van der Waals surface area (Å²) >= 11 is 0. The third-order valence-corrected chi connectivity index (χ3v) is 4.76. The summed E-state index contributed by atoms with van der Waals surface area (Å²) in [6, 6.07) is 5.09. The number of guanidine groups is 1. The topological polar surface area (TPSA) is 82.8 Å². The van der Waals surface area contributed by atoms with Crippen LogP contribution in [-0.4, -0.2) is 50.0 Å². The van der Waals surface area contributed by atoms with Gasteiger partial charge in [-0.25, -0.2) is 4.39 Å². The van der Waals surface area contributed by atoms with Gasteiger partial charge in [0, 0.05) is 26.7 Å². The fraction of sp³-hybridized carbons (Fsp3) is 0.579. The maximum atomic E-state index is 13.3. The lowest BCUT2D eigenvalue weighted by Gasteiger charge is -2.31. The normalized spacial score (nSPS) is 18.6. The number of nitrogens with two attached hydrogens (primary N) is 1. The number of primary amides is 1. The molecule has 0 radical (unpaired) electrons. The molecule has 1 saturated heterocycles. The number of aryl methyl sites for hydroxylation is 1. The van der Waals surface area contributed by atoms with Crippen molar-refractivity contribution in [3.8, 4) is 0 Å². The highest BCUT2D eigenvalue weighted by molar-refractivity contribution is 5.79. The van der Waals surface area contributed by atoms with Crippen LogP contribution in [0, 0.1) is 18.7 Å². The van der Waals surface area contributed by atoms with E-state index in [1.54, 1.807) is 20.0 Å². The van der Waals surface area contributed by atoms with E-state index in [0.717, 1.165) is 57.0 Å². The molecule has 0 bridgehead atoms. The molecule has 26 heavy (non-hydrogen) atoms. The monoisotopic (exact) mass is 363 g/mol. The number of halogens is 1. The van der Waals surface area contributed by atoms with Gasteiger partial charge < -0.3 is 21.3 Å². The summed E-state index contributed by atoms with van der Waals surface area (Å²) in [4.78, 5) is 17.8. The van der Waals surface area contributed by atoms with Crippen LogP contribution in [0.5, 0.6) is 0 Å². The first-order valence-electron chi connectivity index (χ1n) is 9.21. The number of rotatable bonds is 7. The Kier molecular flexibility index (Phi) is 7.84. The molecule has 0 spiro atoms. The zero-order chi connectivity index (χ0) is 18.9. The zero-order valence-electron chi connectivity index (χ0n) is 15.7. The van der Waals surface area contributed by atoms with Crippen LogP contribution in [0.15, 0.2) is 23.2 Å². The number of piperidine rings is 1. The minimum Gasteiger partial charge on any atom is -0.369 e.